The molecular weight excluding hydrogens is 298 g/mol. The lowest BCUT2D eigenvalue weighted by Gasteiger charge is -2.36. The smallest absolute Gasteiger partial charge is 0.317 e. The molecule has 0 spiro atoms. The van der Waals surface area contributed by atoms with Crippen molar-refractivity contribution in [2.24, 2.45) is 0 Å². The molecule has 0 atom stereocenters. The van der Waals surface area contributed by atoms with Crippen molar-refractivity contribution in [2.75, 3.05) is 38.0 Å². The second-order valence-electron chi connectivity index (χ2n) is 6.12. The number of nitrogens with one attached hydrogen (secondary N) is 2. The molecule has 0 unspecified atom stereocenters. The van der Waals surface area contributed by atoms with E-state index < -0.39 is 0 Å². The minimum Gasteiger partial charge on any atom is -0.360 e. The zero-order valence-corrected chi connectivity index (χ0v) is 13.4. The molecule has 126 valence electrons. The van der Waals surface area contributed by atoms with Crippen molar-refractivity contribution in [3.8, 4) is 0 Å². The first-order valence-electron chi connectivity index (χ1n) is 8.12. The van der Waals surface area contributed by atoms with Crippen molar-refractivity contribution in [3.05, 3.63) is 11.8 Å². The van der Waals surface area contributed by atoms with E-state index in [4.69, 9.17) is 4.52 Å². The van der Waals surface area contributed by atoms with Crippen LogP contribution in [0.4, 0.5) is 10.6 Å². The van der Waals surface area contributed by atoms with Crippen LogP contribution < -0.4 is 10.6 Å². The average molecular weight is 321 g/mol. The summed E-state index contributed by atoms with van der Waals surface area (Å²) >= 11 is 0. The van der Waals surface area contributed by atoms with Gasteiger partial charge in [-0.15, -0.1) is 0 Å². The maximum absolute atomic E-state index is 11.9. The Balaban J connectivity index is 1.37. The van der Waals surface area contributed by atoms with Crippen LogP contribution in [0.25, 0.3) is 0 Å². The van der Waals surface area contributed by atoms with Gasteiger partial charge in [0.2, 0.25) is 5.91 Å². The van der Waals surface area contributed by atoms with Crippen LogP contribution in [0.5, 0.6) is 0 Å². The summed E-state index contributed by atoms with van der Waals surface area (Å²) < 4.78 is 4.92. The highest BCUT2D eigenvalue weighted by atomic mass is 16.5. The second-order valence-corrected chi connectivity index (χ2v) is 6.12. The van der Waals surface area contributed by atoms with Gasteiger partial charge in [0.05, 0.1) is 0 Å². The molecule has 3 rings (SSSR count). The van der Waals surface area contributed by atoms with Gasteiger partial charge < -0.3 is 25.0 Å². The van der Waals surface area contributed by atoms with E-state index in [1.807, 2.05) is 4.90 Å². The van der Waals surface area contributed by atoms with Crippen molar-refractivity contribution in [1.82, 2.24) is 20.3 Å². The average Bonchev–Trinajstić information content (AvgIpc) is 3.14. The van der Waals surface area contributed by atoms with Gasteiger partial charge in [0.1, 0.15) is 5.76 Å². The number of urea groups is 1. The molecule has 1 aromatic heterocycles. The predicted molar refractivity (Wildman–Crippen MR) is 84.1 cm³/mol. The predicted octanol–water partition coefficient (Wildman–Crippen LogP) is 0.801. The molecule has 2 aliphatic heterocycles. The Hall–Kier alpha value is -2.09. The fourth-order valence-corrected chi connectivity index (χ4v) is 3.18. The number of carbonyl (C=O) groups excluding carboxylic acids is 2. The summed E-state index contributed by atoms with van der Waals surface area (Å²) in [6, 6.07) is 2.09. The number of hydrogen-bond acceptors (Lipinski definition) is 5. The van der Waals surface area contributed by atoms with Crippen molar-refractivity contribution in [2.45, 2.75) is 32.2 Å². The number of amides is 3. The monoisotopic (exact) mass is 321 g/mol. The van der Waals surface area contributed by atoms with E-state index in [9.17, 15) is 9.59 Å². The summed E-state index contributed by atoms with van der Waals surface area (Å²) in [5.74, 6) is 1.08. The van der Waals surface area contributed by atoms with Gasteiger partial charge >= 0.3 is 6.03 Å². The molecule has 2 aliphatic rings. The molecule has 8 nitrogen and oxygen atoms in total. The molecule has 0 bridgehead atoms. The SMILES string of the molecule is Cc1cc(NC(=O)CCN2CCC(N3CCNC3=O)CC2)no1. The molecule has 0 saturated carbocycles. The van der Waals surface area contributed by atoms with E-state index in [1.54, 1.807) is 13.0 Å². The minimum absolute atomic E-state index is 0.0562. The van der Waals surface area contributed by atoms with Gasteiger partial charge in [-0.3, -0.25) is 4.79 Å². The van der Waals surface area contributed by atoms with Gasteiger partial charge in [-0.1, -0.05) is 5.16 Å². The van der Waals surface area contributed by atoms with Crippen LogP contribution in [0, 0.1) is 6.92 Å². The van der Waals surface area contributed by atoms with Crippen molar-refractivity contribution < 1.29 is 14.1 Å². The van der Waals surface area contributed by atoms with E-state index in [-0.39, 0.29) is 11.9 Å². The Kier molecular flexibility index (Phi) is 4.80. The summed E-state index contributed by atoms with van der Waals surface area (Å²) in [6.07, 6.45) is 2.37. The largest absolute Gasteiger partial charge is 0.360 e. The molecule has 3 amide bonds. The zero-order chi connectivity index (χ0) is 16.2. The molecule has 0 aliphatic carbocycles. The van der Waals surface area contributed by atoms with Gasteiger partial charge in [-0.2, -0.15) is 0 Å². The van der Waals surface area contributed by atoms with E-state index in [0.717, 1.165) is 45.6 Å². The number of anilines is 1. The first-order valence-corrected chi connectivity index (χ1v) is 8.12. The van der Waals surface area contributed by atoms with Gasteiger partial charge in [0.15, 0.2) is 5.82 Å². The summed E-state index contributed by atoms with van der Waals surface area (Å²) in [5.41, 5.74) is 0. The fourth-order valence-electron chi connectivity index (χ4n) is 3.18. The van der Waals surface area contributed by atoms with Crippen LogP contribution >= 0.6 is 0 Å². The molecule has 1 aromatic rings. The highest BCUT2D eigenvalue weighted by molar-refractivity contribution is 5.89. The molecule has 0 aromatic carbocycles. The molecule has 2 N–H and O–H groups in total. The molecule has 2 saturated heterocycles. The fraction of sp³-hybridized carbons (Fsp3) is 0.667. The maximum Gasteiger partial charge on any atom is 0.317 e. The number of aromatic nitrogens is 1. The number of piperidine rings is 1. The summed E-state index contributed by atoms with van der Waals surface area (Å²) in [7, 11) is 0. The van der Waals surface area contributed by atoms with Crippen molar-refractivity contribution in [3.63, 3.8) is 0 Å². The number of likely N-dealkylation sites (tertiary alicyclic amines) is 1. The lowest BCUT2D eigenvalue weighted by Crippen LogP contribution is -2.46. The topological polar surface area (TPSA) is 90.7 Å². The summed E-state index contributed by atoms with van der Waals surface area (Å²) in [6.45, 7) is 5.91. The lowest BCUT2D eigenvalue weighted by molar-refractivity contribution is -0.116. The minimum atomic E-state index is -0.0562. The third-order valence-electron chi connectivity index (χ3n) is 4.44. The Labute approximate surface area is 135 Å². The molecule has 8 heteroatoms. The number of aryl methyl sites for hydroxylation is 1. The number of nitrogens with zero attached hydrogens (tertiary/aromatic N) is 3. The van der Waals surface area contributed by atoms with E-state index >= 15 is 0 Å². The highest BCUT2D eigenvalue weighted by Crippen LogP contribution is 2.18. The van der Waals surface area contributed by atoms with E-state index in [2.05, 4.69) is 20.7 Å². The van der Waals surface area contributed by atoms with Crippen LogP contribution in [-0.2, 0) is 4.79 Å². The zero-order valence-electron chi connectivity index (χ0n) is 13.4. The highest BCUT2D eigenvalue weighted by Gasteiger charge is 2.30. The Bertz CT molecular complexity index is 565. The van der Waals surface area contributed by atoms with Gasteiger partial charge in [-0.05, 0) is 19.8 Å². The lowest BCUT2D eigenvalue weighted by atomic mass is 10.0. The summed E-state index contributed by atoms with van der Waals surface area (Å²) in [5, 5.41) is 9.33. The molecule has 3 heterocycles. The molecule has 23 heavy (non-hydrogen) atoms. The third-order valence-corrected chi connectivity index (χ3v) is 4.44. The number of hydrogen-bond donors (Lipinski definition) is 2. The van der Waals surface area contributed by atoms with E-state index in [1.165, 1.54) is 0 Å². The number of carbonyl (C=O) groups is 2. The van der Waals surface area contributed by atoms with E-state index in [0.29, 0.717) is 24.0 Å². The van der Waals surface area contributed by atoms with Crippen LogP contribution in [0.15, 0.2) is 10.6 Å². The van der Waals surface area contributed by atoms with Gasteiger partial charge in [-0.25, -0.2) is 4.79 Å². The Morgan fingerprint density at radius 2 is 2.22 bits per heavy atom. The van der Waals surface area contributed by atoms with Gasteiger partial charge in [0.25, 0.3) is 0 Å². The van der Waals surface area contributed by atoms with Crippen LogP contribution in [0.2, 0.25) is 0 Å². The van der Waals surface area contributed by atoms with Gasteiger partial charge in [0, 0.05) is 51.3 Å². The second kappa shape index (κ2) is 6.99. The number of rotatable bonds is 5. The third kappa shape index (κ3) is 4.01. The molecule has 2 fully saturated rings. The van der Waals surface area contributed by atoms with Crippen molar-refractivity contribution in [1.29, 1.82) is 0 Å². The van der Waals surface area contributed by atoms with Crippen LogP contribution in [0.3, 0.4) is 0 Å². The quantitative estimate of drug-likeness (QED) is 0.837. The van der Waals surface area contributed by atoms with Crippen LogP contribution in [-0.4, -0.2) is 65.7 Å². The first kappa shape index (κ1) is 15.8. The maximum atomic E-state index is 11.9. The standard InChI is InChI=1S/C15H23N5O3/c1-11-10-13(18-23-11)17-14(21)4-8-19-6-2-12(3-7-19)20-9-5-16-15(20)22/h10,12H,2-9H2,1H3,(H,16,22)(H,17,18,21). The van der Waals surface area contributed by atoms with Crippen LogP contribution in [0.1, 0.15) is 25.0 Å². The van der Waals surface area contributed by atoms with Crippen molar-refractivity contribution >= 4 is 17.8 Å². The first-order chi connectivity index (χ1) is 11.1. The summed E-state index contributed by atoms with van der Waals surface area (Å²) in [4.78, 5) is 27.8. The normalized spacial score (nSPS) is 19.9. The Morgan fingerprint density at radius 1 is 1.43 bits per heavy atom. The molecular formula is C15H23N5O3. The molecule has 0 radical (unpaired) electrons. The Morgan fingerprint density at radius 3 is 2.83 bits per heavy atom.